The highest BCUT2D eigenvalue weighted by atomic mass is 35.5. The molecule has 0 radical (unpaired) electrons. The number of rotatable bonds is 8. The first kappa shape index (κ1) is 23.5. The minimum Gasteiger partial charge on any atom is -0.374 e. The van der Waals surface area contributed by atoms with Gasteiger partial charge in [0.15, 0.2) is 5.78 Å². The molecule has 6 heteroatoms. The summed E-state index contributed by atoms with van der Waals surface area (Å²) in [6.07, 6.45) is 4.89. The minimum atomic E-state index is -0.343. The average Bonchev–Trinajstić information content (AvgIpc) is 2.72. The number of benzene rings is 2. The highest BCUT2D eigenvalue weighted by Crippen LogP contribution is 2.40. The standard InChI is InChI=1S/C23H27F2NO2.ClH/c1-28-23(18-6-10-20(25)11-7-18)14-12-21(13-15-23)26-16-2-3-22(27)17-4-8-19(24)9-5-17;/h4-11,21,26H,2-3,12-16H2,1H3;1H/t21-,23+;. The summed E-state index contributed by atoms with van der Waals surface area (Å²) in [5.41, 5.74) is 1.24. The van der Waals surface area contributed by atoms with E-state index in [-0.39, 0.29) is 35.4 Å². The first-order valence-corrected chi connectivity index (χ1v) is 9.86. The van der Waals surface area contributed by atoms with E-state index in [4.69, 9.17) is 4.74 Å². The molecule has 3 nitrogen and oxygen atoms in total. The number of halogens is 3. The summed E-state index contributed by atoms with van der Waals surface area (Å²) < 4.78 is 32.0. The SMILES string of the molecule is CO[C@]1(c2ccc(F)cc2)CC[C@H](NCCCC(=O)c2ccc(F)cc2)CC1.Cl. The molecule has 0 unspecified atom stereocenters. The fourth-order valence-electron chi connectivity index (χ4n) is 3.99. The van der Waals surface area contributed by atoms with Gasteiger partial charge in [-0.2, -0.15) is 0 Å². The van der Waals surface area contributed by atoms with Crippen LogP contribution in [0.2, 0.25) is 0 Å². The summed E-state index contributed by atoms with van der Waals surface area (Å²) in [4.78, 5) is 12.1. The Labute approximate surface area is 177 Å². The zero-order valence-electron chi connectivity index (χ0n) is 16.6. The predicted molar refractivity (Wildman–Crippen MR) is 113 cm³/mol. The molecule has 1 N–H and O–H groups in total. The largest absolute Gasteiger partial charge is 0.374 e. The predicted octanol–water partition coefficient (Wildman–Crippen LogP) is 5.42. The van der Waals surface area contributed by atoms with Gasteiger partial charge in [0.2, 0.25) is 0 Å². The van der Waals surface area contributed by atoms with Crippen LogP contribution in [0.25, 0.3) is 0 Å². The van der Waals surface area contributed by atoms with Crippen molar-refractivity contribution in [3.63, 3.8) is 0 Å². The van der Waals surface area contributed by atoms with Crippen LogP contribution in [-0.4, -0.2) is 25.5 Å². The van der Waals surface area contributed by atoms with E-state index in [0.29, 0.717) is 18.0 Å². The van der Waals surface area contributed by atoms with Gasteiger partial charge in [-0.3, -0.25) is 4.79 Å². The van der Waals surface area contributed by atoms with Crippen LogP contribution in [0.4, 0.5) is 8.78 Å². The molecule has 0 heterocycles. The molecule has 0 spiro atoms. The minimum absolute atomic E-state index is 0. The van der Waals surface area contributed by atoms with Crippen LogP contribution in [0.1, 0.15) is 54.4 Å². The molecular weight excluding hydrogens is 396 g/mol. The third-order valence-electron chi connectivity index (χ3n) is 5.73. The Morgan fingerprint density at radius 1 is 1.03 bits per heavy atom. The number of hydrogen-bond donors (Lipinski definition) is 1. The van der Waals surface area contributed by atoms with Gasteiger partial charge in [0, 0.05) is 25.1 Å². The van der Waals surface area contributed by atoms with Crippen molar-refractivity contribution in [1.29, 1.82) is 0 Å². The normalized spacial score (nSPS) is 21.4. The zero-order valence-corrected chi connectivity index (χ0v) is 17.4. The third-order valence-corrected chi connectivity index (χ3v) is 5.73. The van der Waals surface area contributed by atoms with Crippen LogP contribution < -0.4 is 5.32 Å². The second-order valence-electron chi connectivity index (χ2n) is 7.47. The molecule has 0 saturated heterocycles. The average molecular weight is 424 g/mol. The molecule has 0 bridgehead atoms. The van der Waals surface area contributed by atoms with E-state index in [2.05, 4.69) is 5.32 Å². The molecule has 2 aromatic carbocycles. The molecule has 0 aromatic heterocycles. The number of carbonyl (C=O) groups excluding carboxylic acids is 1. The fraction of sp³-hybridized carbons (Fsp3) is 0.435. The highest BCUT2D eigenvalue weighted by Gasteiger charge is 2.36. The van der Waals surface area contributed by atoms with Crippen molar-refractivity contribution in [3.8, 4) is 0 Å². The van der Waals surface area contributed by atoms with Crippen LogP contribution in [0.5, 0.6) is 0 Å². The van der Waals surface area contributed by atoms with E-state index in [0.717, 1.165) is 44.2 Å². The summed E-state index contributed by atoms with van der Waals surface area (Å²) >= 11 is 0. The Kier molecular flexibility index (Phi) is 8.75. The number of ether oxygens (including phenoxy) is 1. The number of nitrogens with one attached hydrogen (secondary N) is 1. The van der Waals surface area contributed by atoms with Crippen LogP contribution >= 0.6 is 12.4 Å². The molecular formula is C23H28ClF2NO2. The van der Waals surface area contributed by atoms with Crippen molar-refractivity contribution in [3.05, 3.63) is 71.3 Å². The van der Waals surface area contributed by atoms with Gasteiger partial charge < -0.3 is 10.1 Å². The molecule has 1 fully saturated rings. The lowest BCUT2D eigenvalue weighted by molar-refractivity contribution is -0.0500. The second-order valence-corrected chi connectivity index (χ2v) is 7.47. The summed E-state index contributed by atoms with van der Waals surface area (Å²) in [6.45, 7) is 0.772. The van der Waals surface area contributed by atoms with Crippen LogP contribution in [0, 0.1) is 11.6 Å². The van der Waals surface area contributed by atoms with E-state index < -0.39 is 0 Å². The summed E-state index contributed by atoms with van der Waals surface area (Å²) in [6, 6.07) is 12.7. The Hall–Kier alpha value is -1.82. The number of hydrogen-bond acceptors (Lipinski definition) is 3. The van der Waals surface area contributed by atoms with Crippen molar-refractivity contribution in [2.75, 3.05) is 13.7 Å². The van der Waals surface area contributed by atoms with Crippen molar-refractivity contribution in [2.45, 2.75) is 50.2 Å². The van der Waals surface area contributed by atoms with Gasteiger partial charge in [0.25, 0.3) is 0 Å². The zero-order chi connectivity index (χ0) is 20.0. The molecule has 2 aromatic rings. The Balaban J connectivity index is 0.00000300. The maximum absolute atomic E-state index is 13.2. The van der Waals surface area contributed by atoms with Gasteiger partial charge in [-0.1, -0.05) is 12.1 Å². The van der Waals surface area contributed by atoms with Gasteiger partial charge in [0.05, 0.1) is 5.60 Å². The van der Waals surface area contributed by atoms with E-state index >= 15 is 0 Å². The lowest BCUT2D eigenvalue weighted by Crippen LogP contribution is -2.41. The quantitative estimate of drug-likeness (QED) is 0.455. The molecule has 1 aliphatic carbocycles. The third kappa shape index (κ3) is 6.08. The molecule has 29 heavy (non-hydrogen) atoms. The molecule has 1 saturated carbocycles. The second kappa shape index (κ2) is 10.8. The molecule has 0 amide bonds. The number of ketones is 1. The van der Waals surface area contributed by atoms with Crippen molar-refractivity contribution in [2.24, 2.45) is 0 Å². The molecule has 3 rings (SSSR count). The van der Waals surface area contributed by atoms with Crippen molar-refractivity contribution in [1.82, 2.24) is 5.32 Å². The van der Waals surface area contributed by atoms with Crippen molar-refractivity contribution >= 4 is 18.2 Å². The Morgan fingerprint density at radius 2 is 1.59 bits per heavy atom. The van der Waals surface area contributed by atoms with E-state index in [1.807, 2.05) is 12.1 Å². The van der Waals surface area contributed by atoms with Crippen LogP contribution in [0.15, 0.2) is 48.5 Å². The van der Waals surface area contributed by atoms with Gasteiger partial charge in [-0.05, 0) is 80.6 Å². The van der Waals surface area contributed by atoms with Crippen LogP contribution in [-0.2, 0) is 10.3 Å². The van der Waals surface area contributed by atoms with E-state index in [1.165, 1.54) is 36.4 Å². The van der Waals surface area contributed by atoms with Gasteiger partial charge in [-0.15, -0.1) is 12.4 Å². The van der Waals surface area contributed by atoms with Gasteiger partial charge in [-0.25, -0.2) is 8.78 Å². The smallest absolute Gasteiger partial charge is 0.162 e. The first-order chi connectivity index (χ1) is 13.5. The maximum Gasteiger partial charge on any atom is 0.162 e. The Morgan fingerprint density at radius 3 is 2.14 bits per heavy atom. The number of Topliss-reactive ketones (excluding diaryl/α,β-unsaturated/α-hetero) is 1. The lowest BCUT2D eigenvalue weighted by Gasteiger charge is -2.40. The fourth-order valence-corrected chi connectivity index (χ4v) is 3.99. The lowest BCUT2D eigenvalue weighted by atomic mass is 9.77. The summed E-state index contributed by atoms with van der Waals surface area (Å²) in [5, 5.41) is 3.53. The topological polar surface area (TPSA) is 38.3 Å². The first-order valence-electron chi connectivity index (χ1n) is 9.86. The van der Waals surface area contributed by atoms with Gasteiger partial charge in [0.1, 0.15) is 11.6 Å². The summed E-state index contributed by atoms with van der Waals surface area (Å²) in [7, 11) is 1.72. The highest BCUT2D eigenvalue weighted by molar-refractivity contribution is 5.95. The van der Waals surface area contributed by atoms with Crippen LogP contribution in [0.3, 0.4) is 0 Å². The molecule has 158 valence electrons. The van der Waals surface area contributed by atoms with Gasteiger partial charge >= 0.3 is 0 Å². The molecule has 1 aliphatic rings. The number of methoxy groups -OCH3 is 1. The molecule has 0 aliphatic heterocycles. The van der Waals surface area contributed by atoms with E-state index in [1.54, 1.807) is 7.11 Å². The van der Waals surface area contributed by atoms with Crippen molar-refractivity contribution < 1.29 is 18.3 Å². The monoisotopic (exact) mass is 423 g/mol. The maximum atomic E-state index is 13.2. The van der Waals surface area contributed by atoms with E-state index in [9.17, 15) is 13.6 Å². The summed E-state index contributed by atoms with van der Waals surface area (Å²) in [5.74, 6) is -0.524. The molecule has 0 atom stereocenters. The number of carbonyl (C=O) groups is 1. The Bertz CT molecular complexity index is 772.